The van der Waals surface area contributed by atoms with Crippen molar-refractivity contribution in [2.24, 2.45) is 0 Å². The Balaban J connectivity index is 1.57. The Labute approximate surface area is 187 Å². The average molecular weight is 465 g/mol. The first kappa shape index (κ1) is 23.2. The maximum absolute atomic E-state index is 12.7. The van der Waals surface area contributed by atoms with Gasteiger partial charge < -0.3 is 9.64 Å². The smallest absolute Gasteiger partial charge is 0.340 e. The number of hydrogen-bond donors (Lipinski definition) is 0. The summed E-state index contributed by atoms with van der Waals surface area (Å²) in [6.07, 6.45) is 0.0284. The van der Waals surface area contributed by atoms with Crippen molar-refractivity contribution in [3.63, 3.8) is 0 Å². The normalized spacial score (nSPS) is 16.0. The molecule has 1 aliphatic heterocycles. The number of esters is 1. The molecular formula is C22H25ClN2O5S. The van der Waals surface area contributed by atoms with Gasteiger partial charge in [0, 0.05) is 39.0 Å². The van der Waals surface area contributed by atoms with Crippen LogP contribution in [-0.4, -0.2) is 68.6 Å². The van der Waals surface area contributed by atoms with E-state index in [9.17, 15) is 18.0 Å². The topological polar surface area (TPSA) is 84.0 Å². The molecule has 0 radical (unpaired) electrons. The van der Waals surface area contributed by atoms with Crippen LogP contribution in [0.2, 0.25) is 5.02 Å². The molecule has 9 heteroatoms. The molecule has 0 spiro atoms. The first-order chi connectivity index (χ1) is 14.6. The third-order valence-corrected chi connectivity index (χ3v) is 6.59. The Hall–Kier alpha value is -2.42. The van der Waals surface area contributed by atoms with Gasteiger partial charge in [0.1, 0.15) is 0 Å². The highest BCUT2D eigenvalue weighted by atomic mass is 35.5. The number of sulfone groups is 1. The second-order valence-corrected chi connectivity index (χ2v) is 9.97. The first-order valence-electron chi connectivity index (χ1n) is 9.91. The molecule has 0 N–H and O–H groups in total. The number of halogens is 1. The highest BCUT2D eigenvalue weighted by Gasteiger charge is 2.28. The van der Waals surface area contributed by atoms with Crippen molar-refractivity contribution in [2.75, 3.05) is 32.4 Å². The molecule has 0 aliphatic carbocycles. The lowest BCUT2D eigenvalue weighted by Crippen LogP contribution is -2.51. The number of rotatable bonds is 6. The van der Waals surface area contributed by atoms with E-state index in [0.717, 1.165) is 25.9 Å². The molecule has 1 unspecified atom stereocenters. The molecule has 0 saturated carbocycles. The molecule has 7 nitrogen and oxygen atoms in total. The van der Waals surface area contributed by atoms with Crippen molar-refractivity contribution in [3.8, 4) is 0 Å². The first-order valence-corrected chi connectivity index (χ1v) is 12.2. The summed E-state index contributed by atoms with van der Waals surface area (Å²) in [5.74, 6) is -1.12. The summed E-state index contributed by atoms with van der Waals surface area (Å²) in [6.45, 7) is 4.86. The maximum Gasteiger partial charge on any atom is 0.340 e. The second-order valence-electron chi connectivity index (χ2n) is 7.55. The molecule has 2 aromatic rings. The van der Waals surface area contributed by atoms with E-state index in [1.807, 2.05) is 18.2 Å². The Kier molecular flexibility index (Phi) is 7.35. The fraction of sp³-hybridized carbons (Fsp3) is 0.364. The number of hydrogen-bond acceptors (Lipinski definition) is 6. The van der Waals surface area contributed by atoms with Crippen LogP contribution in [0.3, 0.4) is 0 Å². The van der Waals surface area contributed by atoms with Gasteiger partial charge in [-0.25, -0.2) is 13.2 Å². The van der Waals surface area contributed by atoms with E-state index in [-0.39, 0.29) is 21.4 Å². The van der Waals surface area contributed by atoms with Gasteiger partial charge in [0.25, 0.3) is 5.91 Å². The number of carbonyl (C=O) groups excluding carboxylic acids is 2. The molecular weight excluding hydrogens is 440 g/mol. The Morgan fingerprint density at radius 3 is 2.32 bits per heavy atom. The molecule has 1 saturated heterocycles. The van der Waals surface area contributed by atoms with Gasteiger partial charge in [-0.05, 0) is 30.7 Å². The zero-order valence-electron chi connectivity index (χ0n) is 17.5. The van der Waals surface area contributed by atoms with Crippen molar-refractivity contribution in [1.82, 2.24) is 9.80 Å². The van der Waals surface area contributed by atoms with Crippen LogP contribution >= 0.6 is 11.6 Å². The summed E-state index contributed by atoms with van der Waals surface area (Å²) in [7, 11) is -3.51. The van der Waals surface area contributed by atoms with Crippen LogP contribution in [0.4, 0.5) is 0 Å². The lowest BCUT2D eigenvalue weighted by Gasteiger charge is -2.35. The third kappa shape index (κ3) is 6.06. The Morgan fingerprint density at radius 1 is 1.06 bits per heavy atom. The zero-order chi connectivity index (χ0) is 22.6. The summed E-state index contributed by atoms with van der Waals surface area (Å²) >= 11 is 6.04. The van der Waals surface area contributed by atoms with Gasteiger partial charge in [-0.2, -0.15) is 0 Å². The number of carbonyl (C=O) groups is 2. The van der Waals surface area contributed by atoms with E-state index in [1.54, 1.807) is 4.90 Å². The number of amides is 1. The van der Waals surface area contributed by atoms with E-state index in [2.05, 4.69) is 17.0 Å². The minimum atomic E-state index is -3.51. The van der Waals surface area contributed by atoms with Gasteiger partial charge >= 0.3 is 5.97 Å². The van der Waals surface area contributed by atoms with E-state index in [0.29, 0.717) is 13.1 Å². The van der Waals surface area contributed by atoms with Gasteiger partial charge in [0.2, 0.25) is 0 Å². The van der Waals surface area contributed by atoms with Crippen LogP contribution in [-0.2, 0) is 25.9 Å². The minimum Gasteiger partial charge on any atom is -0.449 e. The number of ether oxygens (including phenoxy) is 1. The monoisotopic (exact) mass is 464 g/mol. The molecule has 31 heavy (non-hydrogen) atoms. The summed E-state index contributed by atoms with van der Waals surface area (Å²) in [6, 6.07) is 13.9. The Morgan fingerprint density at radius 2 is 1.71 bits per heavy atom. The van der Waals surface area contributed by atoms with Crippen LogP contribution < -0.4 is 0 Å². The molecule has 0 aromatic heterocycles. The van der Waals surface area contributed by atoms with Crippen molar-refractivity contribution in [3.05, 3.63) is 64.7 Å². The standard InChI is InChI=1S/C22H25ClN2O5S/c1-16(30-22(27)19-14-18(31(2,28)29)8-9-20(19)23)21(26)25-12-10-24(11-13-25)15-17-6-4-3-5-7-17/h3-9,14,16H,10-13,15H2,1-2H3. The van der Waals surface area contributed by atoms with Crippen molar-refractivity contribution in [2.45, 2.75) is 24.5 Å². The number of piperazine rings is 1. The molecule has 1 aliphatic rings. The lowest BCUT2D eigenvalue weighted by molar-refractivity contribution is -0.141. The molecule has 1 fully saturated rings. The fourth-order valence-corrected chi connectivity index (χ4v) is 4.23. The SMILES string of the molecule is CC(OC(=O)c1cc(S(C)(=O)=O)ccc1Cl)C(=O)N1CCN(Cc2ccccc2)CC1. The van der Waals surface area contributed by atoms with Gasteiger partial charge in [-0.1, -0.05) is 41.9 Å². The van der Waals surface area contributed by atoms with Gasteiger partial charge in [-0.3, -0.25) is 9.69 Å². The quantitative estimate of drug-likeness (QED) is 0.611. The molecule has 0 bridgehead atoms. The maximum atomic E-state index is 12.7. The molecule has 2 aromatic carbocycles. The van der Waals surface area contributed by atoms with Crippen molar-refractivity contribution < 1.29 is 22.7 Å². The Bertz CT molecular complexity index is 1050. The summed E-state index contributed by atoms with van der Waals surface area (Å²) in [5.41, 5.74) is 1.13. The summed E-state index contributed by atoms with van der Waals surface area (Å²) in [4.78, 5) is 29.2. The van der Waals surface area contributed by atoms with E-state index < -0.39 is 21.9 Å². The molecule has 166 valence electrons. The van der Waals surface area contributed by atoms with E-state index >= 15 is 0 Å². The van der Waals surface area contributed by atoms with Gasteiger partial charge in [0.15, 0.2) is 15.9 Å². The minimum absolute atomic E-state index is 0.0441. The van der Waals surface area contributed by atoms with Crippen LogP contribution in [0.5, 0.6) is 0 Å². The summed E-state index contributed by atoms with van der Waals surface area (Å²) in [5, 5.41) is 0.0616. The van der Waals surface area contributed by atoms with Crippen LogP contribution in [0.25, 0.3) is 0 Å². The van der Waals surface area contributed by atoms with Gasteiger partial charge in [-0.15, -0.1) is 0 Å². The second kappa shape index (κ2) is 9.80. The van der Waals surface area contributed by atoms with Crippen LogP contribution in [0, 0.1) is 0 Å². The lowest BCUT2D eigenvalue weighted by atomic mass is 10.2. The average Bonchev–Trinajstić information content (AvgIpc) is 2.74. The van der Waals surface area contributed by atoms with E-state index in [4.69, 9.17) is 16.3 Å². The predicted octanol–water partition coefficient (Wildman–Crippen LogP) is 2.63. The number of nitrogens with zero attached hydrogens (tertiary/aromatic N) is 2. The molecule has 3 rings (SSSR count). The largest absolute Gasteiger partial charge is 0.449 e. The third-order valence-electron chi connectivity index (χ3n) is 5.15. The van der Waals surface area contributed by atoms with Crippen LogP contribution in [0.1, 0.15) is 22.8 Å². The van der Waals surface area contributed by atoms with Crippen molar-refractivity contribution in [1.29, 1.82) is 0 Å². The van der Waals surface area contributed by atoms with Crippen molar-refractivity contribution >= 4 is 33.3 Å². The predicted molar refractivity (Wildman–Crippen MR) is 118 cm³/mol. The number of benzene rings is 2. The zero-order valence-corrected chi connectivity index (χ0v) is 19.0. The molecule has 1 atom stereocenters. The highest BCUT2D eigenvalue weighted by molar-refractivity contribution is 7.90. The molecule has 1 heterocycles. The fourth-order valence-electron chi connectivity index (χ4n) is 3.39. The summed E-state index contributed by atoms with van der Waals surface area (Å²) < 4.78 is 28.8. The molecule has 1 amide bonds. The van der Waals surface area contributed by atoms with Gasteiger partial charge in [0.05, 0.1) is 15.5 Å². The van der Waals surface area contributed by atoms with Crippen LogP contribution in [0.15, 0.2) is 53.4 Å². The highest BCUT2D eigenvalue weighted by Crippen LogP contribution is 2.22. The van der Waals surface area contributed by atoms with E-state index in [1.165, 1.54) is 30.7 Å².